The van der Waals surface area contributed by atoms with Gasteiger partial charge in [0.25, 0.3) is 0 Å². The van der Waals surface area contributed by atoms with Crippen molar-refractivity contribution in [1.29, 1.82) is 0 Å². The average Bonchev–Trinajstić information content (AvgIpc) is 1.30. The van der Waals surface area contributed by atoms with E-state index in [0.717, 1.165) is 12.4 Å². The second kappa shape index (κ2) is 2.78. The van der Waals surface area contributed by atoms with Gasteiger partial charge in [0.15, 0.2) is 0 Å². The molecule has 0 rings (SSSR count). The van der Waals surface area contributed by atoms with E-state index in [0.29, 0.717) is 0 Å². The van der Waals surface area contributed by atoms with Crippen LogP contribution in [0.3, 0.4) is 0 Å². The van der Waals surface area contributed by atoms with Gasteiger partial charge in [0, 0.05) is 0 Å². The zero-order valence-electron chi connectivity index (χ0n) is 4.87. The maximum absolute atomic E-state index is 5.89. The lowest BCUT2D eigenvalue weighted by Gasteiger charge is -2.08. The Morgan fingerprint density at radius 2 is 2.00 bits per heavy atom. The summed E-state index contributed by atoms with van der Waals surface area (Å²) in [5, 5.41) is 0. The summed E-state index contributed by atoms with van der Waals surface area (Å²) in [6.07, 6.45) is 0.739. The van der Waals surface area contributed by atoms with E-state index in [2.05, 4.69) is 13.1 Å². The maximum atomic E-state index is 5.89. The Morgan fingerprint density at radius 1 is 1.57 bits per heavy atom. The molecule has 0 aromatic heterocycles. The lowest BCUT2D eigenvalue weighted by molar-refractivity contribution is 1.39. The summed E-state index contributed by atoms with van der Waals surface area (Å²) in [5.41, 5.74) is 0. The van der Waals surface area contributed by atoms with Crippen molar-refractivity contribution in [2.45, 2.75) is 25.5 Å². The first-order valence-electron chi connectivity index (χ1n) is 2.45. The Bertz CT molecular complexity index is 50.1. The summed E-state index contributed by atoms with van der Waals surface area (Å²) < 4.78 is 0. The molecule has 0 aromatic carbocycles. The summed E-state index contributed by atoms with van der Waals surface area (Å²) in [5.74, 6) is 0. The fourth-order valence-electron chi connectivity index (χ4n) is 0.343. The van der Waals surface area contributed by atoms with Gasteiger partial charge in [0.1, 0.15) is 7.38 Å². The van der Waals surface area contributed by atoms with E-state index in [9.17, 15) is 0 Å². The molecule has 0 spiro atoms. The second-order valence-electron chi connectivity index (χ2n) is 2.26. The second-order valence-corrected chi connectivity index (χ2v) is 9.26. The molecule has 0 nitrogen and oxygen atoms in total. The van der Waals surface area contributed by atoms with Crippen LogP contribution in [0, 0.1) is 0 Å². The zero-order valence-corrected chi connectivity index (χ0v) is 6.63. The fourth-order valence-corrected chi connectivity index (χ4v) is 1.36. The van der Waals surface area contributed by atoms with Crippen molar-refractivity contribution >= 4 is 26.3 Å². The lowest BCUT2D eigenvalue weighted by Crippen LogP contribution is -2.14. The molecule has 0 fully saturated rings. The van der Waals surface area contributed by atoms with Gasteiger partial charge in [0.05, 0.1) is 7.85 Å². The highest BCUT2D eigenvalue weighted by atomic mass is 35.6. The van der Waals surface area contributed by atoms with Crippen LogP contribution >= 0.6 is 11.1 Å². The smallest absolute Gasteiger partial charge is 0.149 e. The predicted octanol–water partition coefficient (Wildman–Crippen LogP) is 2.02. The van der Waals surface area contributed by atoms with Gasteiger partial charge in [-0.2, -0.15) is 11.1 Å². The molecular formula is C4H10BClSi. The van der Waals surface area contributed by atoms with Crippen molar-refractivity contribution in [3.8, 4) is 0 Å². The van der Waals surface area contributed by atoms with Crippen LogP contribution in [-0.4, -0.2) is 15.2 Å². The average molecular weight is 132 g/mol. The number of hydrogen-bond donors (Lipinski definition) is 0. The molecule has 7 heavy (non-hydrogen) atoms. The zero-order chi connectivity index (χ0) is 5.91. The van der Waals surface area contributed by atoms with Gasteiger partial charge in [-0.3, -0.25) is 0 Å². The molecule has 0 saturated heterocycles. The van der Waals surface area contributed by atoms with Gasteiger partial charge in [-0.15, -0.1) is 0 Å². The molecule has 0 bridgehead atoms. The maximum Gasteiger partial charge on any atom is 0.149 e. The van der Waals surface area contributed by atoms with Crippen molar-refractivity contribution in [2.24, 2.45) is 0 Å². The van der Waals surface area contributed by atoms with E-state index in [1.165, 1.54) is 0 Å². The van der Waals surface area contributed by atoms with Gasteiger partial charge in [0.2, 0.25) is 0 Å². The molecule has 0 aliphatic rings. The summed E-state index contributed by atoms with van der Waals surface area (Å²) in [4.78, 5) is 0. The third-order valence-electron chi connectivity index (χ3n) is 0.739. The summed E-state index contributed by atoms with van der Waals surface area (Å²) >= 11 is 5.89. The summed E-state index contributed by atoms with van der Waals surface area (Å²) in [6, 6.07) is 1.02. The SMILES string of the molecule is [B]CC[Si](C)(C)Cl. The first kappa shape index (κ1) is 7.57. The Hall–Kier alpha value is 0.572. The first-order chi connectivity index (χ1) is 3.06. The van der Waals surface area contributed by atoms with Crippen LogP contribution in [0.15, 0.2) is 0 Å². The Balaban J connectivity index is 3.15. The van der Waals surface area contributed by atoms with Crippen molar-refractivity contribution in [3.05, 3.63) is 0 Å². The molecule has 0 N–H and O–H groups in total. The third-order valence-corrected chi connectivity index (χ3v) is 2.78. The molecule has 0 heterocycles. The Kier molecular flexibility index (Phi) is 3.00. The first-order valence-corrected chi connectivity index (χ1v) is 6.67. The highest BCUT2D eigenvalue weighted by Gasteiger charge is 2.13. The van der Waals surface area contributed by atoms with Crippen LogP contribution < -0.4 is 0 Å². The van der Waals surface area contributed by atoms with E-state index in [1.807, 2.05) is 0 Å². The van der Waals surface area contributed by atoms with E-state index in [4.69, 9.17) is 18.9 Å². The minimum absolute atomic E-state index is 0.739. The molecule has 0 aliphatic heterocycles. The van der Waals surface area contributed by atoms with Crippen molar-refractivity contribution in [3.63, 3.8) is 0 Å². The van der Waals surface area contributed by atoms with Crippen molar-refractivity contribution < 1.29 is 0 Å². The van der Waals surface area contributed by atoms with Crippen molar-refractivity contribution in [1.82, 2.24) is 0 Å². The highest BCUT2D eigenvalue weighted by molar-refractivity contribution is 7.19. The van der Waals surface area contributed by atoms with E-state index < -0.39 is 7.38 Å². The molecule has 0 aliphatic carbocycles. The Labute approximate surface area is 52.4 Å². The van der Waals surface area contributed by atoms with Crippen LogP contribution in [0.1, 0.15) is 0 Å². The van der Waals surface area contributed by atoms with Crippen LogP contribution in [-0.2, 0) is 0 Å². The van der Waals surface area contributed by atoms with E-state index in [-0.39, 0.29) is 0 Å². The minimum atomic E-state index is -1.31. The minimum Gasteiger partial charge on any atom is -0.168 e. The largest absolute Gasteiger partial charge is 0.168 e. The molecule has 40 valence electrons. The molecular weight excluding hydrogens is 122 g/mol. The summed E-state index contributed by atoms with van der Waals surface area (Å²) in [6.45, 7) is 4.20. The fraction of sp³-hybridized carbons (Fsp3) is 1.00. The van der Waals surface area contributed by atoms with Crippen molar-refractivity contribution in [2.75, 3.05) is 0 Å². The number of hydrogen-bond acceptors (Lipinski definition) is 0. The molecule has 0 atom stereocenters. The van der Waals surface area contributed by atoms with Crippen LogP contribution in [0.2, 0.25) is 25.5 Å². The molecule has 0 aromatic rings. The quantitative estimate of drug-likeness (QED) is 0.398. The van der Waals surface area contributed by atoms with Gasteiger partial charge in [-0.1, -0.05) is 25.5 Å². The van der Waals surface area contributed by atoms with Gasteiger partial charge < -0.3 is 0 Å². The topological polar surface area (TPSA) is 0 Å². The molecule has 0 unspecified atom stereocenters. The Morgan fingerprint density at radius 3 is 2.00 bits per heavy atom. The van der Waals surface area contributed by atoms with Gasteiger partial charge in [-0.05, 0) is 0 Å². The van der Waals surface area contributed by atoms with Gasteiger partial charge in [-0.25, -0.2) is 0 Å². The van der Waals surface area contributed by atoms with Crippen LogP contribution in [0.25, 0.3) is 0 Å². The predicted molar refractivity (Wildman–Crippen MR) is 38.7 cm³/mol. The van der Waals surface area contributed by atoms with Crippen LogP contribution in [0.4, 0.5) is 0 Å². The summed E-state index contributed by atoms with van der Waals surface area (Å²) in [7, 11) is 3.95. The number of rotatable bonds is 2. The molecule has 2 radical (unpaired) electrons. The number of halogens is 1. The monoisotopic (exact) mass is 132 g/mol. The van der Waals surface area contributed by atoms with Gasteiger partial charge >= 0.3 is 0 Å². The van der Waals surface area contributed by atoms with E-state index in [1.54, 1.807) is 0 Å². The third kappa shape index (κ3) is 6.57. The standard InChI is InChI=1S/C4H10BClSi/c1-7(2,6)4-3-5/h3-4H2,1-2H3. The highest BCUT2D eigenvalue weighted by Crippen LogP contribution is 2.14. The van der Waals surface area contributed by atoms with Crippen LogP contribution in [0.5, 0.6) is 0 Å². The lowest BCUT2D eigenvalue weighted by atomic mass is 10.1. The molecule has 3 heteroatoms. The molecule has 0 amide bonds. The normalized spacial score (nSPS) is 11.9. The molecule has 0 saturated carbocycles. The van der Waals surface area contributed by atoms with E-state index >= 15 is 0 Å².